The third kappa shape index (κ3) is 4.00. The van der Waals surface area contributed by atoms with Crippen LogP contribution in [-0.4, -0.2) is 39.8 Å². The zero-order valence-corrected chi connectivity index (χ0v) is 7.85. The maximum atomic E-state index is 8.75. The van der Waals surface area contributed by atoms with Crippen molar-refractivity contribution in [2.45, 2.75) is 13.5 Å². The Labute approximate surface area is 77.8 Å². The number of nitrogens with one attached hydrogen (secondary N) is 1. The molecule has 0 bridgehead atoms. The molecule has 0 radical (unpaired) electrons. The van der Waals surface area contributed by atoms with Crippen LogP contribution in [0.1, 0.15) is 6.92 Å². The first kappa shape index (κ1) is 10.1. The van der Waals surface area contributed by atoms with E-state index in [1.807, 2.05) is 13.1 Å². The predicted molar refractivity (Wildman–Crippen MR) is 49.1 cm³/mol. The number of hydrogen-bond acceptors (Lipinski definition) is 4. The molecular weight excluding hydrogens is 168 g/mol. The lowest BCUT2D eigenvalue weighted by Crippen LogP contribution is -2.26. The Balaban J connectivity index is 2.02. The van der Waals surface area contributed by atoms with E-state index in [0.29, 0.717) is 5.92 Å². The Morgan fingerprint density at radius 3 is 3.08 bits per heavy atom. The van der Waals surface area contributed by atoms with E-state index in [1.54, 1.807) is 10.9 Å². The van der Waals surface area contributed by atoms with Gasteiger partial charge in [-0.05, 0) is 12.5 Å². The van der Waals surface area contributed by atoms with Crippen LogP contribution in [-0.2, 0) is 6.54 Å². The van der Waals surface area contributed by atoms with Crippen LogP contribution in [0.25, 0.3) is 0 Å². The van der Waals surface area contributed by atoms with Crippen molar-refractivity contribution < 1.29 is 5.11 Å². The second-order valence-corrected chi connectivity index (χ2v) is 3.16. The van der Waals surface area contributed by atoms with Crippen molar-refractivity contribution >= 4 is 0 Å². The molecule has 0 fully saturated rings. The van der Waals surface area contributed by atoms with Crippen LogP contribution in [0.4, 0.5) is 0 Å². The highest BCUT2D eigenvalue weighted by atomic mass is 16.3. The summed E-state index contributed by atoms with van der Waals surface area (Å²) in [5.41, 5.74) is 0. The molecule has 1 heterocycles. The highest BCUT2D eigenvalue weighted by Gasteiger charge is 1.98. The Morgan fingerprint density at radius 2 is 2.46 bits per heavy atom. The van der Waals surface area contributed by atoms with Gasteiger partial charge in [0.05, 0.1) is 12.7 Å². The lowest BCUT2D eigenvalue weighted by molar-refractivity contribution is 0.233. The first-order valence-electron chi connectivity index (χ1n) is 4.48. The van der Waals surface area contributed by atoms with Crippen LogP contribution < -0.4 is 5.32 Å². The summed E-state index contributed by atoms with van der Waals surface area (Å²) in [6, 6.07) is 0. The zero-order valence-electron chi connectivity index (χ0n) is 7.85. The van der Waals surface area contributed by atoms with Gasteiger partial charge in [0.1, 0.15) is 0 Å². The summed E-state index contributed by atoms with van der Waals surface area (Å²) in [6.45, 7) is 4.75. The molecule has 1 unspecified atom stereocenters. The third-order valence-corrected chi connectivity index (χ3v) is 1.79. The highest BCUT2D eigenvalue weighted by molar-refractivity contribution is 4.64. The molecule has 1 rings (SSSR count). The molecule has 1 atom stereocenters. The van der Waals surface area contributed by atoms with E-state index in [4.69, 9.17) is 5.11 Å². The van der Waals surface area contributed by atoms with Gasteiger partial charge in [0, 0.05) is 19.3 Å². The minimum absolute atomic E-state index is 0.232. The van der Waals surface area contributed by atoms with Crippen molar-refractivity contribution in [3.05, 3.63) is 12.4 Å². The summed E-state index contributed by atoms with van der Waals surface area (Å²) in [6.07, 6.45) is 3.49. The number of aromatic nitrogens is 3. The zero-order chi connectivity index (χ0) is 9.52. The molecule has 0 aliphatic heterocycles. The van der Waals surface area contributed by atoms with Gasteiger partial charge < -0.3 is 10.4 Å². The predicted octanol–water partition coefficient (Wildman–Crippen LogP) is -0.504. The fraction of sp³-hybridized carbons (Fsp3) is 0.750. The molecule has 1 aromatic heterocycles. The monoisotopic (exact) mass is 184 g/mol. The summed E-state index contributed by atoms with van der Waals surface area (Å²) in [4.78, 5) is 0. The fourth-order valence-electron chi connectivity index (χ4n) is 0.959. The van der Waals surface area contributed by atoms with Gasteiger partial charge in [0.2, 0.25) is 0 Å². The Hall–Kier alpha value is -0.940. The molecule has 13 heavy (non-hydrogen) atoms. The van der Waals surface area contributed by atoms with Crippen molar-refractivity contribution in [2.24, 2.45) is 5.92 Å². The lowest BCUT2D eigenvalue weighted by atomic mass is 10.2. The summed E-state index contributed by atoms with van der Waals surface area (Å²) < 4.78 is 1.77. The topological polar surface area (TPSA) is 63.0 Å². The molecule has 1 aromatic rings. The van der Waals surface area contributed by atoms with E-state index in [2.05, 4.69) is 15.6 Å². The van der Waals surface area contributed by atoms with Gasteiger partial charge >= 0.3 is 0 Å². The molecular formula is C8H16N4O. The molecule has 0 aliphatic carbocycles. The maximum absolute atomic E-state index is 8.75. The molecule has 0 saturated heterocycles. The van der Waals surface area contributed by atoms with E-state index in [0.717, 1.165) is 19.6 Å². The van der Waals surface area contributed by atoms with Crippen LogP contribution in [0.3, 0.4) is 0 Å². The van der Waals surface area contributed by atoms with Crippen LogP contribution in [0, 0.1) is 5.92 Å². The van der Waals surface area contributed by atoms with Crippen LogP contribution >= 0.6 is 0 Å². The highest BCUT2D eigenvalue weighted by Crippen LogP contribution is 1.88. The van der Waals surface area contributed by atoms with E-state index in [9.17, 15) is 0 Å². The van der Waals surface area contributed by atoms with Gasteiger partial charge in [0.15, 0.2) is 0 Å². The van der Waals surface area contributed by atoms with Crippen molar-refractivity contribution in [3.63, 3.8) is 0 Å². The molecule has 0 aromatic carbocycles. The Kier molecular flexibility index (Phi) is 4.42. The summed E-state index contributed by atoms with van der Waals surface area (Å²) in [7, 11) is 0. The number of aliphatic hydroxyl groups excluding tert-OH is 1. The van der Waals surface area contributed by atoms with E-state index in [-0.39, 0.29) is 6.61 Å². The quantitative estimate of drug-likeness (QED) is 0.585. The number of rotatable bonds is 6. The van der Waals surface area contributed by atoms with Gasteiger partial charge in [0.25, 0.3) is 0 Å². The summed E-state index contributed by atoms with van der Waals surface area (Å²) in [5.74, 6) is 0.316. The van der Waals surface area contributed by atoms with E-state index >= 15 is 0 Å². The third-order valence-electron chi connectivity index (χ3n) is 1.79. The van der Waals surface area contributed by atoms with Gasteiger partial charge in [-0.1, -0.05) is 12.1 Å². The van der Waals surface area contributed by atoms with Crippen LogP contribution in [0.5, 0.6) is 0 Å². The molecule has 0 saturated carbocycles. The molecule has 74 valence electrons. The maximum Gasteiger partial charge on any atom is 0.0692 e. The largest absolute Gasteiger partial charge is 0.396 e. The lowest BCUT2D eigenvalue weighted by Gasteiger charge is -2.08. The molecule has 2 N–H and O–H groups in total. The number of aliphatic hydroxyl groups is 1. The van der Waals surface area contributed by atoms with Crippen molar-refractivity contribution in [1.82, 2.24) is 20.3 Å². The van der Waals surface area contributed by atoms with Crippen molar-refractivity contribution in [1.29, 1.82) is 0 Å². The van der Waals surface area contributed by atoms with E-state index in [1.165, 1.54) is 0 Å². The Bertz CT molecular complexity index is 212. The van der Waals surface area contributed by atoms with Crippen LogP contribution in [0.15, 0.2) is 12.4 Å². The van der Waals surface area contributed by atoms with E-state index < -0.39 is 0 Å². The number of nitrogens with zero attached hydrogens (tertiary/aromatic N) is 3. The standard InChI is InChI=1S/C8H16N4O/c1-8(7-13)6-9-2-4-12-5-3-10-11-12/h3,5,8-9,13H,2,4,6-7H2,1H3. The molecule has 0 aliphatic rings. The molecule has 0 amide bonds. The molecule has 5 nitrogen and oxygen atoms in total. The second-order valence-electron chi connectivity index (χ2n) is 3.16. The second kappa shape index (κ2) is 5.66. The van der Waals surface area contributed by atoms with Gasteiger partial charge in [-0.15, -0.1) is 5.10 Å². The minimum atomic E-state index is 0.232. The normalized spacial score (nSPS) is 13.1. The van der Waals surface area contributed by atoms with Crippen molar-refractivity contribution in [3.8, 4) is 0 Å². The van der Waals surface area contributed by atoms with Gasteiger partial charge in [-0.25, -0.2) is 0 Å². The van der Waals surface area contributed by atoms with Crippen molar-refractivity contribution in [2.75, 3.05) is 19.7 Å². The minimum Gasteiger partial charge on any atom is -0.396 e. The summed E-state index contributed by atoms with van der Waals surface area (Å²) >= 11 is 0. The molecule has 0 spiro atoms. The first-order valence-corrected chi connectivity index (χ1v) is 4.48. The van der Waals surface area contributed by atoms with Gasteiger partial charge in [-0.2, -0.15) is 0 Å². The smallest absolute Gasteiger partial charge is 0.0692 e. The number of hydrogen-bond donors (Lipinski definition) is 2. The first-order chi connectivity index (χ1) is 6.33. The SMILES string of the molecule is CC(CO)CNCCn1ccnn1. The average molecular weight is 184 g/mol. The summed E-state index contributed by atoms with van der Waals surface area (Å²) in [5, 5.41) is 19.5. The van der Waals surface area contributed by atoms with Gasteiger partial charge in [-0.3, -0.25) is 4.68 Å². The van der Waals surface area contributed by atoms with Crippen LogP contribution in [0.2, 0.25) is 0 Å². The fourth-order valence-corrected chi connectivity index (χ4v) is 0.959. The molecule has 5 heteroatoms. The Morgan fingerprint density at radius 1 is 1.62 bits per heavy atom. The average Bonchev–Trinajstić information content (AvgIpc) is 2.64.